The van der Waals surface area contributed by atoms with Gasteiger partial charge in [-0.25, -0.2) is 4.98 Å². The first-order valence-corrected chi connectivity index (χ1v) is 15.5. The Labute approximate surface area is 245 Å². The van der Waals surface area contributed by atoms with Crippen LogP contribution in [0, 0.1) is 11.3 Å². The second-order valence-corrected chi connectivity index (χ2v) is 12.9. The predicted molar refractivity (Wildman–Crippen MR) is 162 cm³/mol. The van der Waals surface area contributed by atoms with Crippen molar-refractivity contribution in [3.8, 4) is 11.5 Å². The third-order valence-electron chi connectivity index (χ3n) is 8.27. The number of carbonyl (C=O) groups is 2. The van der Waals surface area contributed by atoms with Crippen LogP contribution in [0.4, 0.5) is 0 Å². The summed E-state index contributed by atoms with van der Waals surface area (Å²) in [6.07, 6.45) is 8.19. The lowest BCUT2D eigenvalue weighted by Gasteiger charge is -2.35. The van der Waals surface area contributed by atoms with Crippen molar-refractivity contribution in [2.75, 3.05) is 39.5 Å². The highest BCUT2D eigenvalue weighted by atomic mass is 16.5. The van der Waals surface area contributed by atoms with E-state index in [1.54, 1.807) is 6.07 Å². The summed E-state index contributed by atoms with van der Waals surface area (Å²) in [5.74, 6) is 1.61. The first-order chi connectivity index (χ1) is 19.6. The van der Waals surface area contributed by atoms with Gasteiger partial charge in [0, 0.05) is 35.5 Å². The third kappa shape index (κ3) is 8.89. The largest absolute Gasteiger partial charge is 0.491 e. The van der Waals surface area contributed by atoms with E-state index in [-0.39, 0.29) is 37.6 Å². The number of carbonyl (C=O) groups excluding carboxylic acids is 2. The molecule has 226 valence electrons. The Morgan fingerprint density at radius 2 is 1.80 bits per heavy atom. The number of amides is 1. The zero-order valence-corrected chi connectivity index (χ0v) is 25.7. The first-order valence-electron chi connectivity index (χ1n) is 15.5. The lowest BCUT2D eigenvalue weighted by molar-refractivity contribution is -0.131. The van der Waals surface area contributed by atoms with Crippen molar-refractivity contribution in [2.45, 2.75) is 91.6 Å². The molecular weight excluding hydrogens is 518 g/mol. The second kappa shape index (κ2) is 14.5. The van der Waals surface area contributed by atoms with Gasteiger partial charge in [0.25, 0.3) is 5.91 Å². The van der Waals surface area contributed by atoms with E-state index < -0.39 is 5.41 Å². The maximum atomic E-state index is 13.5. The van der Waals surface area contributed by atoms with Crippen LogP contribution in [0.1, 0.15) is 90.1 Å². The number of pyridine rings is 1. The van der Waals surface area contributed by atoms with Crippen molar-refractivity contribution in [1.29, 1.82) is 0 Å². The van der Waals surface area contributed by atoms with Crippen LogP contribution in [-0.4, -0.2) is 73.2 Å². The first kappa shape index (κ1) is 31.2. The van der Waals surface area contributed by atoms with E-state index in [1.807, 2.05) is 39.0 Å². The summed E-state index contributed by atoms with van der Waals surface area (Å²) in [6.45, 7) is 13.1. The molecule has 0 bridgehead atoms. The molecule has 2 fully saturated rings. The second-order valence-electron chi connectivity index (χ2n) is 12.9. The Balaban J connectivity index is 1.51. The number of fused-ring (bicyclic) bond motifs is 1. The SMILES string of the molecule is CC(C)N1CCC[C@@H](NC(=O)c2cc(OCCOCC(=O)C(C)(C)C)c3cccc(OCC4CCCCC4)c3n2)C1. The van der Waals surface area contributed by atoms with Crippen LogP contribution in [0.15, 0.2) is 24.3 Å². The van der Waals surface area contributed by atoms with E-state index in [1.165, 1.54) is 32.1 Å². The Morgan fingerprint density at radius 1 is 1.02 bits per heavy atom. The minimum atomic E-state index is -0.441. The average Bonchev–Trinajstić information content (AvgIpc) is 2.95. The van der Waals surface area contributed by atoms with Crippen molar-refractivity contribution in [1.82, 2.24) is 15.2 Å². The minimum absolute atomic E-state index is 0.0457. The fourth-order valence-electron chi connectivity index (χ4n) is 5.55. The Hall–Kier alpha value is -2.71. The molecule has 4 rings (SSSR count). The molecule has 1 aromatic heterocycles. The number of hydrogen-bond donors (Lipinski definition) is 1. The zero-order chi connectivity index (χ0) is 29.4. The lowest BCUT2D eigenvalue weighted by Crippen LogP contribution is -2.49. The number of nitrogens with zero attached hydrogens (tertiary/aromatic N) is 2. The molecule has 8 heteroatoms. The molecular formula is C33H49N3O5. The summed E-state index contributed by atoms with van der Waals surface area (Å²) in [5, 5.41) is 4.01. The van der Waals surface area contributed by atoms with Crippen molar-refractivity contribution >= 4 is 22.6 Å². The molecule has 1 saturated carbocycles. The fraction of sp³-hybridized carbons (Fsp3) is 0.667. The summed E-state index contributed by atoms with van der Waals surface area (Å²) in [7, 11) is 0. The summed E-state index contributed by atoms with van der Waals surface area (Å²) in [5.41, 5.74) is 0.497. The summed E-state index contributed by atoms with van der Waals surface area (Å²) >= 11 is 0. The highest BCUT2D eigenvalue weighted by Gasteiger charge is 2.25. The standard InChI is InChI=1S/C33H49N3O5/c1-23(2)36-16-10-13-25(20-36)34-32(38)27-19-29(40-18-17-39-22-30(37)33(3,4)5)26-14-9-15-28(31(26)35-27)41-21-24-11-7-6-8-12-24/h9,14-15,19,23-25H,6-8,10-13,16-18,20-22H2,1-5H3,(H,34,38)/t25-/m1/s1. The third-order valence-corrected chi connectivity index (χ3v) is 8.27. The van der Waals surface area contributed by atoms with Crippen LogP contribution in [0.5, 0.6) is 11.5 Å². The maximum Gasteiger partial charge on any atom is 0.270 e. The number of hydrogen-bond acceptors (Lipinski definition) is 7. The van der Waals surface area contributed by atoms with Gasteiger partial charge in [-0.2, -0.15) is 0 Å². The van der Waals surface area contributed by atoms with Gasteiger partial charge >= 0.3 is 0 Å². The number of aromatic nitrogens is 1. The highest BCUT2D eigenvalue weighted by molar-refractivity contribution is 5.98. The summed E-state index contributed by atoms with van der Waals surface area (Å²) in [6, 6.07) is 8.04. The van der Waals surface area contributed by atoms with Gasteiger partial charge in [0.2, 0.25) is 0 Å². The molecule has 2 aliphatic rings. The summed E-state index contributed by atoms with van der Waals surface area (Å²) in [4.78, 5) is 32.9. The van der Waals surface area contributed by atoms with Gasteiger partial charge < -0.3 is 19.5 Å². The van der Waals surface area contributed by atoms with Crippen molar-refractivity contribution < 1.29 is 23.8 Å². The van der Waals surface area contributed by atoms with Gasteiger partial charge in [0.15, 0.2) is 5.78 Å². The molecule has 1 aliphatic heterocycles. The Bertz CT molecular complexity index is 1170. The number of likely N-dealkylation sites (tertiary alicyclic amines) is 1. The molecule has 2 aromatic rings. The van der Waals surface area contributed by atoms with Gasteiger partial charge in [-0.05, 0) is 64.1 Å². The van der Waals surface area contributed by atoms with Gasteiger partial charge in [0.1, 0.15) is 35.9 Å². The number of ketones is 1. The average molecular weight is 568 g/mol. The molecule has 0 spiro atoms. The smallest absolute Gasteiger partial charge is 0.270 e. The molecule has 1 amide bonds. The van der Waals surface area contributed by atoms with E-state index in [2.05, 4.69) is 24.1 Å². The number of benzene rings is 1. The minimum Gasteiger partial charge on any atom is -0.491 e. The molecule has 41 heavy (non-hydrogen) atoms. The highest BCUT2D eigenvalue weighted by Crippen LogP contribution is 2.33. The monoisotopic (exact) mass is 567 g/mol. The number of ether oxygens (including phenoxy) is 3. The lowest BCUT2D eigenvalue weighted by atomic mass is 9.90. The van der Waals surface area contributed by atoms with Crippen LogP contribution < -0.4 is 14.8 Å². The quantitative estimate of drug-likeness (QED) is 0.324. The molecule has 1 atom stereocenters. The van der Waals surface area contributed by atoms with E-state index in [0.717, 1.165) is 31.3 Å². The van der Waals surface area contributed by atoms with E-state index in [0.29, 0.717) is 41.3 Å². The van der Waals surface area contributed by atoms with E-state index in [4.69, 9.17) is 19.2 Å². The van der Waals surface area contributed by atoms with Crippen LogP contribution in [0.2, 0.25) is 0 Å². The number of piperidine rings is 1. The molecule has 1 saturated heterocycles. The van der Waals surface area contributed by atoms with E-state index >= 15 is 0 Å². The van der Waals surface area contributed by atoms with Gasteiger partial charge in [0.05, 0.1) is 13.2 Å². The Kier molecular flexibility index (Phi) is 11.0. The van der Waals surface area contributed by atoms with Crippen LogP contribution in [-0.2, 0) is 9.53 Å². The van der Waals surface area contributed by atoms with Crippen LogP contribution in [0.25, 0.3) is 10.9 Å². The van der Waals surface area contributed by atoms with Crippen molar-refractivity contribution in [2.24, 2.45) is 11.3 Å². The van der Waals surface area contributed by atoms with Crippen molar-refractivity contribution in [3.63, 3.8) is 0 Å². The Morgan fingerprint density at radius 3 is 2.54 bits per heavy atom. The molecule has 0 unspecified atom stereocenters. The zero-order valence-electron chi connectivity index (χ0n) is 25.7. The number of para-hydroxylation sites is 1. The normalized spacial score (nSPS) is 18.9. The number of rotatable bonds is 12. The number of nitrogens with one attached hydrogen (secondary N) is 1. The maximum absolute atomic E-state index is 13.5. The molecule has 1 aromatic carbocycles. The number of Topliss-reactive ketones (excluding diaryl/α,β-unsaturated/α-hetero) is 1. The van der Waals surface area contributed by atoms with Crippen LogP contribution >= 0.6 is 0 Å². The molecule has 1 aliphatic carbocycles. The molecule has 2 heterocycles. The van der Waals surface area contributed by atoms with Gasteiger partial charge in [-0.15, -0.1) is 0 Å². The van der Waals surface area contributed by atoms with Crippen LogP contribution in [0.3, 0.4) is 0 Å². The fourth-order valence-corrected chi connectivity index (χ4v) is 5.55. The molecule has 0 radical (unpaired) electrons. The molecule has 8 nitrogen and oxygen atoms in total. The topological polar surface area (TPSA) is 90.0 Å². The van der Waals surface area contributed by atoms with Crippen molar-refractivity contribution in [3.05, 3.63) is 30.0 Å². The summed E-state index contributed by atoms with van der Waals surface area (Å²) < 4.78 is 18.1. The van der Waals surface area contributed by atoms with Gasteiger partial charge in [-0.1, -0.05) is 46.1 Å². The molecule has 1 N–H and O–H groups in total. The van der Waals surface area contributed by atoms with Gasteiger partial charge in [-0.3, -0.25) is 14.5 Å². The predicted octanol–water partition coefficient (Wildman–Crippen LogP) is 5.81. The van der Waals surface area contributed by atoms with E-state index in [9.17, 15) is 9.59 Å².